The van der Waals surface area contributed by atoms with Crippen LogP contribution in [0.15, 0.2) is 18.2 Å². The monoisotopic (exact) mass is 265 g/mol. The molecule has 1 aliphatic rings. The number of benzene rings is 1. The highest BCUT2D eigenvalue weighted by atomic mass is 19.1. The number of hydrogen-bond acceptors (Lipinski definition) is 2. The molecule has 1 aliphatic heterocycles. The van der Waals surface area contributed by atoms with E-state index in [1.165, 1.54) is 12.1 Å². The molecule has 1 heterocycles. The van der Waals surface area contributed by atoms with Gasteiger partial charge in [0, 0.05) is 19.2 Å². The van der Waals surface area contributed by atoms with Gasteiger partial charge in [0.2, 0.25) is 0 Å². The zero-order valence-corrected chi connectivity index (χ0v) is 11.2. The molecule has 1 aromatic carbocycles. The third kappa shape index (κ3) is 3.25. The summed E-state index contributed by atoms with van der Waals surface area (Å²) in [6.07, 6.45) is 4.29. The predicted octanol–water partition coefficient (Wildman–Crippen LogP) is 3.18. The van der Waals surface area contributed by atoms with E-state index in [0.29, 0.717) is 19.0 Å². The van der Waals surface area contributed by atoms with Crippen molar-refractivity contribution < 1.29 is 14.3 Å². The quantitative estimate of drug-likeness (QED) is 0.892. The minimum Gasteiger partial charge on any atom is -0.507 e. The number of halogens is 1. The zero-order chi connectivity index (χ0) is 13.8. The predicted molar refractivity (Wildman–Crippen MR) is 71.6 cm³/mol. The second-order valence-electron chi connectivity index (χ2n) is 5.16. The van der Waals surface area contributed by atoms with Crippen LogP contribution in [0.2, 0.25) is 0 Å². The van der Waals surface area contributed by atoms with E-state index in [-0.39, 0.29) is 17.2 Å². The number of aromatic hydroxyl groups is 1. The highest BCUT2D eigenvalue weighted by Gasteiger charge is 2.22. The molecule has 1 fully saturated rings. The Kier molecular flexibility index (Phi) is 4.40. The summed E-state index contributed by atoms with van der Waals surface area (Å²) in [5.41, 5.74) is 0.191. The van der Waals surface area contributed by atoms with Crippen molar-refractivity contribution in [3.63, 3.8) is 0 Å². The number of carbonyl (C=O) groups is 1. The fourth-order valence-electron chi connectivity index (χ4n) is 2.63. The molecular formula is C15H20FNO2. The molecule has 0 aromatic heterocycles. The molecule has 4 heteroatoms. The van der Waals surface area contributed by atoms with Crippen LogP contribution in [-0.4, -0.2) is 29.0 Å². The first kappa shape index (κ1) is 13.8. The summed E-state index contributed by atoms with van der Waals surface area (Å²) in [4.78, 5) is 14.1. The van der Waals surface area contributed by atoms with Crippen LogP contribution in [0.25, 0.3) is 0 Å². The highest BCUT2D eigenvalue weighted by Crippen LogP contribution is 2.24. The average Bonchev–Trinajstić information content (AvgIpc) is 2.63. The van der Waals surface area contributed by atoms with E-state index >= 15 is 0 Å². The first-order chi connectivity index (χ1) is 9.11. The van der Waals surface area contributed by atoms with E-state index in [1.807, 2.05) is 0 Å². The Morgan fingerprint density at radius 3 is 2.89 bits per heavy atom. The summed E-state index contributed by atoms with van der Waals surface area (Å²) in [7, 11) is 0. The molecule has 1 amide bonds. The Bertz CT molecular complexity index is 461. The standard InChI is InChI=1S/C15H20FNO2/c1-2-11-4-3-8-17(9-7-11)15(19)13-6-5-12(16)10-14(13)18/h5-6,10-11,18H,2-4,7-9H2,1H3. The molecule has 1 saturated heterocycles. The first-order valence-corrected chi connectivity index (χ1v) is 6.89. The van der Waals surface area contributed by atoms with Gasteiger partial charge in [-0.15, -0.1) is 0 Å². The number of phenols is 1. The van der Waals surface area contributed by atoms with Gasteiger partial charge in [-0.2, -0.15) is 0 Å². The Balaban J connectivity index is 2.10. The Morgan fingerprint density at radius 2 is 2.21 bits per heavy atom. The van der Waals surface area contributed by atoms with Gasteiger partial charge in [0.1, 0.15) is 11.6 Å². The smallest absolute Gasteiger partial charge is 0.257 e. The minimum absolute atomic E-state index is 0.191. The molecule has 3 nitrogen and oxygen atoms in total. The number of hydrogen-bond donors (Lipinski definition) is 1. The van der Waals surface area contributed by atoms with Gasteiger partial charge >= 0.3 is 0 Å². The third-order valence-electron chi connectivity index (χ3n) is 3.90. The SMILES string of the molecule is CCC1CCCN(C(=O)c2ccc(F)cc2O)CC1. The third-order valence-corrected chi connectivity index (χ3v) is 3.90. The summed E-state index contributed by atoms with van der Waals surface area (Å²) in [6, 6.07) is 3.55. The lowest BCUT2D eigenvalue weighted by Crippen LogP contribution is -2.32. The second kappa shape index (κ2) is 6.04. The van der Waals surface area contributed by atoms with Crippen molar-refractivity contribution in [1.29, 1.82) is 0 Å². The van der Waals surface area contributed by atoms with E-state index in [0.717, 1.165) is 31.7 Å². The number of amides is 1. The number of rotatable bonds is 2. The van der Waals surface area contributed by atoms with Crippen LogP contribution in [0, 0.1) is 11.7 Å². The molecule has 1 aromatic rings. The highest BCUT2D eigenvalue weighted by molar-refractivity contribution is 5.96. The molecule has 1 atom stereocenters. The molecule has 1 N–H and O–H groups in total. The van der Waals surface area contributed by atoms with Crippen molar-refractivity contribution >= 4 is 5.91 Å². The molecule has 0 radical (unpaired) electrons. The summed E-state index contributed by atoms with van der Waals surface area (Å²) in [6.45, 7) is 3.61. The second-order valence-corrected chi connectivity index (χ2v) is 5.16. The molecule has 1 unspecified atom stereocenters. The van der Waals surface area contributed by atoms with Crippen molar-refractivity contribution in [1.82, 2.24) is 4.90 Å². The molecule has 104 valence electrons. The summed E-state index contributed by atoms with van der Waals surface area (Å²) in [5, 5.41) is 9.67. The van der Waals surface area contributed by atoms with E-state index < -0.39 is 5.82 Å². The topological polar surface area (TPSA) is 40.5 Å². The molecule has 0 aliphatic carbocycles. The summed E-state index contributed by atoms with van der Waals surface area (Å²) in [5.74, 6) is -0.328. The lowest BCUT2D eigenvalue weighted by Gasteiger charge is -2.21. The van der Waals surface area contributed by atoms with E-state index in [2.05, 4.69) is 6.92 Å². The maximum atomic E-state index is 12.9. The largest absolute Gasteiger partial charge is 0.507 e. The lowest BCUT2D eigenvalue weighted by molar-refractivity contribution is 0.0757. The molecule has 2 rings (SSSR count). The van der Waals surface area contributed by atoms with Crippen LogP contribution in [-0.2, 0) is 0 Å². The van der Waals surface area contributed by atoms with E-state index in [4.69, 9.17) is 0 Å². The van der Waals surface area contributed by atoms with Crippen LogP contribution in [0.1, 0.15) is 43.0 Å². The Hall–Kier alpha value is -1.58. The number of carbonyl (C=O) groups excluding carboxylic acids is 1. The fourth-order valence-corrected chi connectivity index (χ4v) is 2.63. The van der Waals surface area contributed by atoms with Crippen LogP contribution in [0.4, 0.5) is 4.39 Å². The van der Waals surface area contributed by atoms with Gasteiger partial charge in [0.05, 0.1) is 5.56 Å². The van der Waals surface area contributed by atoms with Gasteiger partial charge in [-0.25, -0.2) is 4.39 Å². The molecule has 19 heavy (non-hydrogen) atoms. The normalized spacial score (nSPS) is 20.1. The minimum atomic E-state index is -0.532. The van der Waals surface area contributed by atoms with Gasteiger partial charge < -0.3 is 10.0 Å². The van der Waals surface area contributed by atoms with Gasteiger partial charge in [0.25, 0.3) is 5.91 Å². The molecule has 0 bridgehead atoms. The molecule has 0 spiro atoms. The number of likely N-dealkylation sites (tertiary alicyclic amines) is 1. The number of phenolic OH excluding ortho intramolecular Hbond substituents is 1. The summed E-state index contributed by atoms with van der Waals surface area (Å²) < 4.78 is 12.9. The van der Waals surface area contributed by atoms with Crippen molar-refractivity contribution in [2.24, 2.45) is 5.92 Å². The van der Waals surface area contributed by atoms with Crippen molar-refractivity contribution in [3.8, 4) is 5.75 Å². The van der Waals surface area contributed by atoms with Gasteiger partial charge in [-0.05, 0) is 37.3 Å². The molecular weight excluding hydrogens is 245 g/mol. The zero-order valence-electron chi connectivity index (χ0n) is 11.2. The maximum absolute atomic E-state index is 12.9. The van der Waals surface area contributed by atoms with Crippen LogP contribution >= 0.6 is 0 Å². The van der Waals surface area contributed by atoms with E-state index in [9.17, 15) is 14.3 Å². The van der Waals surface area contributed by atoms with Gasteiger partial charge in [0.15, 0.2) is 0 Å². The Labute approximate surface area is 113 Å². The molecule has 0 saturated carbocycles. The van der Waals surface area contributed by atoms with Crippen molar-refractivity contribution in [3.05, 3.63) is 29.6 Å². The summed E-state index contributed by atoms with van der Waals surface area (Å²) >= 11 is 0. The fraction of sp³-hybridized carbons (Fsp3) is 0.533. The first-order valence-electron chi connectivity index (χ1n) is 6.89. The van der Waals surface area contributed by atoms with Crippen LogP contribution in [0.3, 0.4) is 0 Å². The lowest BCUT2D eigenvalue weighted by atomic mass is 9.98. The Morgan fingerprint density at radius 1 is 1.42 bits per heavy atom. The van der Waals surface area contributed by atoms with Crippen molar-refractivity contribution in [2.75, 3.05) is 13.1 Å². The van der Waals surface area contributed by atoms with E-state index in [1.54, 1.807) is 4.90 Å². The number of nitrogens with zero attached hydrogens (tertiary/aromatic N) is 1. The average molecular weight is 265 g/mol. The van der Waals surface area contributed by atoms with Crippen LogP contribution < -0.4 is 0 Å². The van der Waals surface area contributed by atoms with Crippen molar-refractivity contribution in [2.45, 2.75) is 32.6 Å². The maximum Gasteiger partial charge on any atom is 0.257 e. The van der Waals surface area contributed by atoms with Gasteiger partial charge in [-0.3, -0.25) is 4.79 Å². The van der Waals surface area contributed by atoms with Crippen LogP contribution in [0.5, 0.6) is 5.75 Å². The van der Waals surface area contributed by atoms with Gasteiger partial charge in [-0.1, -0.05) is 13.3 Å².